The topological polar surface area (TPSA) is 58.6 Å². The van der Waals surface area contributed by atoms with Crippen LogP contribution in [0.5, 0.6) is 5.75 Å². The zero-order valence-corrected chi connectivity index (χ0v) is 11.3. The van der Waals surface area contributed by atoms with E-state index in [1.165, 1.54) is 7.11 Å². The lowest BCUT2D eigenvalue weighted by atomic mass is 10.1. The summed E-state index contributed by atoms with van der Waals surface area (Å²) in [7, 11) is 1.50. The Kier molecular flexibility index (Phi) is 5.95. The van der Waals surface area contributed by atoms with Crippen LogP contribution in [-0.4, -0.2) is 31.3 Å². The van der Waals surface area contributed by atoms with Gasteiger partial charge in [0.15, 0.2) is 0 Å². The molecule has 0 aliphatic heterocycles. The summed E-state index contributed by atoms with van der Waals surface area (Å²) >= 11 is 5.83. The number of rotatable bonds is 6. The molecule has 0 heterocycles. The highest BCUT2D eigenvalue weighted by atomic mass is 35.5. The first kappa shape index (κ1) is 14.8. The molecule has 1 aromatic carbocycles. The number of ether oxygens (including phenoxy) is 1. The molecule has 1 rings (SSSR count). The molecule has 1 atom stereocenters. The van der Waals surface area contributed by atoms with E-state index < -0.39 is 0 Å². The van der Waals surface area contributed by atoms with Crippen molar-refractivity contribution in [1.29, 1.82) is 0 Å². The Labute approximate surface area is 112 Å². The number of hydrogen-bond donors (Lipinski definition) is 2. The van der Waals surface area contributed by atoms with Crippen LogP contribution in [0.25, 0.3) is 0 Å². The van der Waals surface area contributed by atoms with E-state index in [0.29, 0.717) is 29.3 Å². The molecule has 2 N–H and O–H groups in total. The molecule has 1 unspecified atom stereocenters. The van der Waals surface area contributed by atoms with Crippen molar-refractivity contribution in [1.82, 2.24) is 5.32 Å². The third kappa shape index (κ3) is 4.20. The molecule has 1 amide bonds. The van der Waals surface area contributed by atoms with E-state index in [1.54, 1.807) is 18.2 Å². The molecule has 18 heavy (non-hydrogen) atoms. The molecule has 100 valence electrons. The molecular formula is C13H18ClNO3. The van der Waals surface area contributed by atoms with Gasteiger partial charge < -0.3 is 15.2 Å². The molecule has 5 heteroatoms. The van der Waals surface area contributed by atoms with Crippen molar-refractivity contribution < 1.29 is 14.6 Å². The predicted octanol–water partition coefficient (Wildman–Crippen LogP) is 2.10. The van der Waals surface area contributed by atoms with Gasteiger partial charge in [0.2, 0.25) is 0 Å². The predicted molar refractivity (Wildman–Crippen MR) is 71.2 cm³/mol. The molecule has 0 radical (unpaired) electrons. The standard InChI is InChI=1S/C13H18ClNO3/c1-9(5-6-16)8-15-13(17)11-4-3-10(14)7-12(11)18-2/h3-4,7,9,16H,5-6,8H2,1-2H3,(H,15,17). The van der Waals surface area contributed by atoms with Crippen molar-refractivity contribution in [2.45, 2.75) is 13.3 Å². The summed E-state index contributed by atoms with van der Waals surface area (Å²) < 4.78 is 5.12. The van der Waals surface area contributed by atoms with Gasteiger partial charge in [-0.15, -0.1) is 0 Å². The van der Waals surface area contributed by atoms with Gasteiger partial charge in [-0.1, -0.05) is 18.5 Å². The normalized spacial score (nSPS) is 12.0. The smallest absolute Gasteiger partial charge is 0.255 e. The van der Waals surface area contributed by atoms with E-state index in [4.69, 9.17) is 21.4 Å². The molecule has 0 bridgehead atoms. The molecule has 4 nitrogen and oxygen atoms in total. The highest BCUT2D eigenvalue weighted by molar-refractivity contribution is 6.30. The van der Waals surface area contributed by atoms with E-state index in [0.717, 1.165) is 0 Å². The second-order valence-electron chi connectivity index (χ2n) is 4.17. The van der Waals surface area contributed by atoms with E-state index in [-0.39, 0.29) is 18.4 Å². The van der Waals surface area contributed by atoms with Gasteiger partial charge in [-0.2, -0.15) is 0 Å². The van der Waals surface area contributed by atoms with Crippen LogP contribution in [0, 0.1) is 5.92 Å². The van der Waals surface area contributed by atoms with Crippen molar-refractivity contribution >= 4 is 17.5 Å². The number of carbonyl (C=O) groups is 1. The van der Waals surface area contributed by atoms with Gasteiger partial charge >= 0.3 is 0 Å². The Morgan fingerprint density at radius 1 is 1.56 bits per heavy atom. The van der Waals surface area contributed by atoms with Crippen molar-refractivity contribution in [2.75, 3.05) is 20.3 Å². The van der Waals surface area contributed by atoms with Gasteiger partial charge in [0.25, 0.3) is 5.91 Å². The monoisotopic (exact) mass is 271 g/mol. The summed E-state index contributed by atoms with van der Waals surface area (Å²) in [5.41, 5.74) is 0.457. The summed E-state index contributed by atoms with van der Waals surface area (Å²) in [6, 6.07) is 4.89. The Morgan fingerprint density at radius 3 is 2.89 bits per heavy atom. The summed E-state index contributed by atoms with van der Waals surface area (Å²) in [4.78, 5) is 11.9. The minimum absolute atomic E-state index is 0.126. The third-order valence-electron chi connectivity index (χ3n) is 2.64. The number of aliphatic hydroxyl groups excluding tert-OH is 1. The fourth-order valence-electron chi connectivity index (χ4n) is 1.54. The van der Waals surface area contributed by atoms with Crippen LogP contribution in [-0.2, 0) is 0 Å². The lowest BCUT2D eigenvalue weighted by molar-refractivity contribution is 0.0942. The van der Waals surface area contributed by atoms with Gasteiger partial charge in [-0.3, -0.25) is 4.79 Å². The first-order chi connectivity index (χ1) is 8.58. The summed E-state index contributed by atoms with van der Waals surface area (Å²) in [6.45, 7) is 2.61. The molecule has 0 aromatic heterocycles. The van der Waals surface area contributed by atoms with E-state index in [9.17, 15) is 4.79 Å². The Bertz CT molecular complexity index is 409. The van der Waals surface area contributed by atoms with Crippen LogP contribution in [0.4, 0.5) is 0 Å². The van der Waals surface area contributed by atoms with Crippen molar-refractivity contribution in [3.8, 4) is 5.75 Å². The average molecular weight is 272 g/mol. The molecule has 0 saturated heterocycles. The zero-order chi connectivity index (χ0) is 13.5. The quantitative estimate of drug-likeness (QED) is 0.833. The number of carbonyl (C=O) groups excluding carboxylic acids is 1. The molecule has 0 aliphatic carbocycles. The maximum Gasteiger partial charge on any atom is 0.255 e. The number of nitrogens with one attached hydrogen (secondary N) is 1. The molecule has 0 aliphatic rings. The van der Waals surface area contributed by atoms with Crippen LogP contribution in [0.3, 0.4) is 0 Å². The van der Waals surface area contributed by atoms with Crippen LogP contribution in [0.2, 0.25) is 5.02 Å². The highest BCUT2D eigenvalue weighted by Crippen LogP contribution is 2.22. The van der Waals surface area contributed by atoms with E-state index >= 15 is 0 Å². The highest BCUT2D eigenvalue weighted by Gasteiger charge is 2.13. The molecular weight excluding hydrogens is 254 g/mol. The minimum Gasteiger partial charge on any atom is -0.496 e. The fourth-order valence-corrected chi connectivity index (χ4v) is 1.70. The number of benzene rings is 1. The van der Waals surface area contributed by atoms with Gasteiger partial charge in [-0.05, 0) is 30.5 Å². The number of halogens is 1. The molecule has 0 spiro atoms. The first-order valence-electron chi connectivity index (χ1n) is 5.81. The van der Waals surface area contributed by atoms with Crippen molar-refractivity contribution in [3.63, 3.8) is 0 Å². The van der Waals surface area contributed by atoms with Gasteiger partial charge in [-0.25, -0.2) is 0 Å². The second kappa shape index (κ2) is 7.24. The lowest BCUT2D eigenvalue weighted by Gasteiger charge is -2.13. The van der Waals surface area contributed by atoms with Crippen LogP contribution >= 0.6 is 11.6 Å². The zero-order valence-electron chi connectivity index (χ0n) is 10.6. The summed E-state index contributed by atoms with van der Waals surface area (Å²) in [5.74, 6) is 0.486. The first-order valence-corrected chi connectivity index (χ1v) is 6.19. The number of amides is 1. The van der Waals surface area contributed by atoms with Crippen molar-refractivity contribution in [3.05, 3.63) is 28.8 Å². The number of hydrogen-bond acceptors (Lipinski definition) is 3. The van der Waals surface area contributed by atoms with Gasteiger partial charge in [0.05, 0.1) is 12.7 Å². The summed E-state index contributed by atoms with van der Waals surface area (Å²) in [5, 5.41) is 12.1. The molecule has 0 fully saturated rings. The minimum atomic E-state index is -0.201. The van der Waals surface area contributed by atoms with Crippen LogP contribution < -0.4 is 10.1 Å². The van der Waals surface area contributed by atoms with E-state index in [2.05, 4.69) is 5.32 Å². The number of methoxy groups -OCH3 is 1. The Balaban J connectivity index is 2.66. The van der Waals surface area contributed by atoms with Crippen LogP contribution in [0.1, 0.15) is 23.7 Å². The van der Waals surface area contributed by atoms with E-state index in [1.807, 2.05) is 6.92 Å². The van der Waals surface area contributed by atoms with Gasteiger partial charge in [0, 0.05) is 18.2 Å². The third-order valence-corrected chi connectivity index (χ3v) is 2.88. The average Bonchev–Trinajstić information content (AvgIpc) is 2.36. The summed E-state index contributed by atoms with van der Waals surface area (Å²) in [6.07, 6.45) is 0.665. The Morgan fingerprint density at radius 2 is 2.28 bits per heavy atom. The number of aliphatic hydroxyl groups is 1. The lowest BCUT2D eigenvalue weighted by Crippen LogP contribution is -2.28. The Hall–Kier alpha value is -1.26. The molecule has 1 aromatic rings. The van der Waals surface area contributed by atoms with Gasteiger partial charge in [0.1, 0.15) is 5.75 Å². The fraction of sp³-hybridized carbons (Fsp3) is 0.462. The van der Waals surface area contributed by atoms with Crippen molar-refractivity contribution in [2.24, 2.45) is 5.92 Å². The molecule has 0 saturated carbocycles. The largest absolute Gasteiger partial charge is 0.496 e. The SMILES string of the molecule is COc1cc(Cl)ccc1C(=O)NCC(C)CCO. The maximum atomic E-state index is 11.9. The maximum absolute atomic E-state index is 11.9. The second-order valence-corrected chi connectivity index (χ2v) is 4.61. The van der Waals surface area contributed by atoms with Crippen LogP contribution in [0.15, 0.2) is 18.2 Å².